The van der Waals surface area contributed by atoms with Gasteiger partial charge in [0.25, 0.3) is 11.8 Å². The maximum Gasteiger partial charge on any atom is 0.573 e. The van der Waals surface area contributed by atoms with E-state index in [4.69, 9.17) is 0 Å². The number of piperidine rings is 1. The highest BCUT2D eigenvalue weighted by molar-refractivity contribution is 6.45. The van der Waals surface area contributed by atoms with Crippen molar-refractivity contribution < 1.29 is 27.5 Å². The third-order valence-electron chi connectivity index (χ3n) is 5.38. The molecule has 2 aliphatic heterocycles. The number of rotatable bonds is 4. The van der Waals surface area contributed by atoms with E-state index in [1.807, 2.05) is 24.0 Å². The number of alkyl halides is 3. The fraction of sp³-hybridized carbons (Fsp3) is 0.304. The van der Waals surface area contributed by atoms with Gasteiger partial charge in [-0.05, 0) is 43.9 Å². The summed E-state index contributed by atoms with van der Waals surface area (Å²) in [5.74, 6) is -1.58. The average Bonchev–Trinajstić information content (AvgIpc) is 2.98. The van der Waals surface area contributed by atoms with Gasteiger partial charge in [0.2, 0.25) is 0 Å². The van der Waals surface area contributed by atoms with Crippen LogP contribution in [0.15, 0.2) is 54.2 Å². The Morgan fingerprint density at radius 2 is 1.58 bits per heavy atom. The monoisotopic (exact) mass is 430 g/mol. The van der Waals surface area contributed by atoms with Crippen LogP contribution in [-0.4, -0.2) is 36.2 Å². The highest BCUT2D eigenvalue weighted by atomic mass is 19.4. The van der Waals surface area contributed by atoms with Crippen LogP contribution in [0.3, 0.4) is 0 Å². The Morgan fingerprint density at radius 3 is 2.23 bits per heavy atom. The van der Waals surface area contributed by atoms with Gasteiger partial charge in [-0.3, -0.25) is 9.59 Å². The number of likely N-dealkylation sites (tertiary alicyclic amines) is 1. The molecule has 0 saturated carbocycles. The van der Waals surface area contributed by atoms with E-state index in [1.165, 1.54) is 12.1 Å². The largest absolute Gasteiger partial charge is 0.573 e. The zero-order valence-electron chi connectivity index (χ0n) is 16.9. The molecule has 31 heavy (non-hydrogen) atoms. The molecule has 1 saturated heterocycles. The number of benzene rings is 2. The summed E-state index contributed by atoms with van der Waals surface area (Å²) in [5, 5.41) is 0. The number of imide groups is 1. The standard InChI is InChI=1S/C23H21F3N2O3/c1-15-8-10-16(11-9-15)19-20(27-12-3-2-4-13-27)22(30)28(21(19)29)17-6-5-7-18(14-17)31-23(24,25)26/h5-11,14H,2-4,12-13H2,1H3. The second-order valence-corrected chi connectivity index (χ2v) is 7.63. The van der Waals surface area contributed by atoms with Crippen LogP contribution in [0.2, 0.25) is 0 Å². The van der Waals surface area contributed by atoms with Crippen molar-refractivity contribution in [1.82, 2.24) is 4.90 Å². The number of amides is 2. The number of hydrogen-bond donors (Lipinski definition) is 0. The number of nitrogens with zero attached hydrogens (tertiary/aromatic N) is 2. The first-order chi connectivity index (χ1) is 14.7. The number of aryl methyl sites for hydroxylation is 1. The van der Waals surface area contributed by atoms with Gasteiger partial charge < -0.3 is 9.64 Å². The fourth-order valence-corrected chi connectivity index (χ4v) is 3.96. The number of anilines is 1. The molecule has 2 amide bonds. The van der Waals surface area contributed by atoms with E-state index >= 15 is 0 Å². The normalized spacial score (nSPS) is 17.5. The highest BCUT2D eigenvalue weighted by Gasteiger charge is 2.43. The molecule has 2 aromatic rings. The molecule has 1 fully saturated rings. The minimum Gasteiger partial charge on any atom is -0.406 e. The molecule has 2 heterocycles. The first kappa shape index (κ1) is 21.0. The minimum absolute atomic E-state index is 0.0355. The molecule has 8 heteroatoms. The lowest BCUT2D eigenvalue weighted by atomic mass is 10.0. The maximum absolute atomic E-state index is 13.4. The average molecular weight is 430 g/mol. The van der Waals surface area contributed by atoms with Gasteiger partial charge >= 0.3 is 6.36 Å². The van der Waals surface area contributed by atoms with Crippen LogP contribution in [-0.2, 0) is 9.59 Å². The molecule has 0 spiro atoms. The number of halogens is 3. The Morgan fingerprint density at radius 1 is 0.903 bits per heavy atom. The van der Waals surface area contributed by atoms with Gasteiger partial charge in [0, 0.05) is 19.2 Å². The molecule has 4 rings (SSSR count). The lowest BCUT2D eigenvalue weighted by Gasteiger charge is -2.29. The summed E-state index contributed by atoms with van der Waals surface area (Å²) >= 11 is 0. The second kappa shape index (κ2) is 8.09. The summed E-state index contributed by atoms with van der Waals surface area (Å²) in [6, 6.07) is 12.2. The van der Waals surface area contributed by atoms with Crippen LogP contribution < -0.4 is 9.64 Å². The number of hydrogen-bond acceptors (Lipinski definition) is 4. The van der Waals surface area contributed by atoms with Crippen LogP contribution in [0, 0.1) is 6.92 Å². The summed E-state index contributed by atoms with van der Waals surface area (Å²) < 4.78 is 41.9. The van der Waals surface area contributed by atoms with E-state index < -0.39 is 23.9 Å². The van der Waals surface area contributed by atoms with Gasteiger partial charge in [0.15, 0.2) is 0 Å². The molecule has 2 aromatic carbocycles. The molecule has 0 atom stereocenters. The van der Waals surface area contributed by atoms with Crippen molar-refractivity contribution in [2.45, 2.75) is 32.5 Å². The van der Waals surface area contributed by atoms with Crippen molar-refractivity contribution in [3.8, 4) is 5.75 Å². The number of carbonyl (C=O) groups excluding carboxylic acids is 2. The lowest BCUT2D eigenvalue weighted by Crippen LogP contribution is -2.37. The third-order valence-corrected chi connectivity index (χ3v) is 5.38. The van der Waals surface area contributed by atoms with Crippen molar-refractivity contribution in [3.05, 3.63) is 65.4 Å². The molecule has 162 valence electrons. The van der Waals surface area contributed by atoms with Gasteiger partial charge in [-0.1, -0.05) is 35.9 Å². The first-order valence-electron chi connectivity index (χ1n) is 10.1. The molecule has 2 aliphatic rings. The SMILES string of the molecule is Cc1ccc(C2=C(N3CCCCC3)C(=O)N(c3cccc(OC(F)(F)F)c3)C2=O)cc1. The van der Waals surface area contributed by atoms with Crippen molar-refractivity contribution >= 4 is 23.1 Å². The summed E-state index contributed by atoms with van der Waals surface area (Å²) in [5.41, 5.74) is 2.22. The zero-order valence-corrected chi connectivity index (χ0v) is 16.9. The summed E-state index contributed by atoms with van der Waals surface area (Å²) in [7, 11) is 0. The van der Waals surface area contributed by atoms with Gasteiger partial charge in [0.05, 0.1) is 11.3 Å². The fourth-order valence-electron chi connectivity index (χ4n) is 3.96. The van der Waals surface area contributed by atoms with Crippen molar-refractivity contribution in [1.29, 1.82) is 0 Å². The number of carbonyl (C=O) groups is 2. The molecular formula is C23H21F3N2O3. The smallest absolute Gasteiger partial charge is 0.406 e. The van der Waals surface area contributed by atoms with Crippen LogP contribution in [0.4, 0.5) is 18.9 Å². The van der Waals surface area contributed by atoms with E-state index in [0.717, 1.165) is 41.9 Å². The Kier molecular flexibility index (Phi) is 5.47. The van der Waals surface area contributed by atoms with Crippen LogP contribution in [0.5, 0.6) is 5.75 Å². The van der Waals surface area contributed by atoms with Gasteiger partial charge in [-0.25, -0.2) is 4.90 Å². The van der Waals surface area contributed by atoms with Crippen molar-refractivity contribution in [2.24, 2.45) is 0 Å². The second-order valence-electron chi connectivity index (χ2n) is 7.63. The molecule has 0 bridgehead atoms. The first-order valence-corrected chi connectivity index (χ1v) is 10.1. The van der Waals surface area contributed by atoms with E-state index in [0.29, 0.717) is 24.4 Å². The lowest BCUT2D eigenvalue weighted by molar-refractivity contribution is -0.274. The predicted molar refractivity (Wildman–Crippen MR) is 109 cm³/mol. The quantitative estimate of drug-likeness (QED) is 0.662. The van der Waals surface area contributed by atoms with Crippen molar-refractivity contribution in [2.75, 3.05) is 18.0 Å². The molecule has 0 radical (unpaired) electrons. The Hall–Kier alpha value is -3.29. The summed E-state index contributed by atoms with van der Waals surface area (Å²) in [6.45, 7) is 3.22. The van der Waals surface area contributed by atoms with E-state index in [2.05, 4.69) is 4.74 Å². The Bertz CT molecular complexity index is 1040. The maximum atomic E-state index is 13.4. The molecule has 0 N–H and O–H groups in total. The Labute approximate surface area is 177 Å². The van der Waals surface area contributed by atoms with Crippen molar-refractivity contribution in [3.63, 3.8) is 0 Å². The summed E-state index contributed by atoms with van der Waals surface area (Å²) in [4.78, 5) is 29.7. The predicted octanol–water partition coefficient (Wildman–Crippen LogP) is 4.66. The van der Waals surface area contributed by atoms with Crippen LogP contribution >= 0.6 is 0 Å². The molecule has 0 aromatic heterocycles. The van der Waals surface area contributed by atoms with Gasteiger partial charge in [-0.15, -0.1) is 13.2 Å². The van der Waals surface area contributed by atoms with Crippen LogP contribution in [0.25, 0.3) is 5.57 Å². The van der Waals surface area contributed by atoms with E-state index in [9.17, 15) is 22.8 Å². The minimum atomic E-state index is -4.87. The zero-order chi connectivity index (χ0) is 22.2. The van der Waals surface area contributed by atoms with E-state index in [1.54, 1.807) is 12.1 Å². The Balaban J connectivity index is 1.76. The topological polar surface area (TPSA) is 49.9 Å². The molecule has 0 unspecified atom stereocenters. The van der Waals surface area contributed by atoms with Gasteiger partial charge in [-0.2, -0.15) is 0 Å². The molecule has 5 nitrogen and oxygen atoms in total. The third kappa shape index (κ3) is 4.28. The molecule has 0 aliphatic carbocycles. The molecular weight excluding hydrogens is 409 g/mol. The summed E-state index contributed by atoms with van der Waals surface area (Å²) in [6.07, 6.45) is -2.02. The van der Waals surface area contributed by atoms with Gasteiger partial charge in [0.1, 0.15) is 11.4 Å². The number of ether oxygens (including phenoxy) is 1. The van der Waals surface area contributed by atoms with E-state index in [-0.39, 0.29) is 11.3 Å². The highest BCUT2D eigenvalue weighted by Crippen LogP contribution is 2.37. The van der Waals surface area contributed by atoms with Crippen LogP contribution in [0.1, 0.15) is 30.4 Å².